The molecule has 0 amide bonds. The summed E-state index contributed by atoms with van der Waals surface area (Å²) in [5.74, 6) is -0.956. The Labute approximate surface area is 112 Å². The standard InChI is InChI=1S/C7H5ClO2.C4H11NO2S/c8-6-3-1-2-5(4-6)7(9)10;1-3-4-5-8(2,6)7/h1-4H,(H,9,10);5H,3-4H2,1-2H3. The molecule has 5 nitrogen and oxygen atoms in total. The van der Waals surface area contributed by atoms with Crippen molar-refractivity contribution in [3.05, 3.63) is 34.9 Å². The van der Waals surface area contributed by atoms with E-state index < -0.39 is 16.0 Å². The van der Waals surface area contributed by atoms with Crippen molar-refractivity contribution >= 4 is 27.6 Å². The Morgan fingerprint density at radius 1 is 1.44 bits per heavy atom. The number of benzene rings is 1. The lowest BCUT2D eigenvalue weighted by atomic mass is 10.2. The van der Waals surface area contributed by atoms with Crippen LogP contribution in [0.2, 0.25) is 5.02 Å². The SMILES string of the molecule is CCCNS(C)(=O)=O.O=C(O)c1cccc(Cl)c1. The molecule has 0 atom stereocenters. The second kappa shape index (κ2) is 8.07. The van der Waals surface area contributed by atoms with Crippen LogP contribution in [0, 0.1) is 0 Å². The third-order valence-electron chi connectivity index (χ3n) is 1.69. The number of sulfonamides is 1. The van der Waals surface area contributed by atoms with Gasteiger partial charge in [-0.2, -0.15) is 0 Å². The van der Waals surface area contributed by atoms with Crippen LogP contribution in [0.25, 0.3) is 0 Å². The summed E-state index contributed by atoms with van der Waals surface area (Å²) in [4.78, 5) is 10.3. The minimum absolute atomic E-state index is 0.215. The van der Waals surface area contributed by atoms with E-state index in [1.165, 1.54) is 12.1 Å². The van der Waals surface area contributed by atoms with Crippen LogP contribution in [-0.4, -0.2) is 32.3 Å². The normalized spacial score (nSPS) is 10.4. The summed E-state index contributed by atoms with van der Waals surface area (Å²) in [5.41, 5.74) is 0.215. The van der Waals surface area contributed by atoms with Gasteiger partial charge in [0.2, 0.25) is 10.0 Å². The van der Waals surface area contributed by atoms with Crippen molar-refractivity contribution in [3.8, 4) is 0 Å². The number of carbonyl (C=O) groups is 1. The van der Waals surface area contributed by atoms with Crippen molar-refractivity contribution in [2.24, 2.45) is 0 Å². The first-order chi connectivity index (χ1) is 8.26. The maximum Gasteiger partial charge on any atom is 0.335 e. The maximum absolute atomic E-state index is 10.3. The highest BCUT2D eigenvalue weighted by Gasteiger charge is 2.00. The smallest absolute Gasteiger partial charge is 0.335 e. The van der Waals surface area contributed by atoms with Crippen LogP contribution in [0.1, 0.15) is 23.7 Å². The lowest BCUT2D eigenvalue weighted by molar-refractivity contribution is 0.0697. The Hall–Kier alpha value is -1.11. The Kier molecular flexibility index (Phi) is 7.58. The fourth-order valence-electron chi connectivity index (χ4n) is 0.909. The van der Waals surface area contributed by atoms with E-state index in [2.05, 4.69) is 4.72 Å². The Morgan fingerprint density at radius 3 is 2.33 bits per heavy atom. The number of aromatic carboxylic acids is 1. The van der Waals surface area contributed by atoms with E-state index >= 15 is 0 Å². The summed E-state index contributed by atoms with van der Waals surface area (Å²) in [7, 11) is -2.94. The van der Waals surface area contributed by atoms with Crippen LogP contribution in [0.15, 0.2) is 24.3 Å². The van der Waals surface area contributed by atoms with E-state index in [0.29, 0.717) is 11.6 Å². The molecule has 0 aliphatic carbocycles. The highest BCUT2D eigenvalue weighted by Crippen LogP contribution is 2.09. The number of hydrogen-bond acceptors (Lipinski definition) is 3. The van der Waals surface area contributed by atoms with E-state index in [4.69, 9.17) is 16.7 Å². The number of carboxylic acid groups (broad SMARTS) is 1. The van der Waals surface area contributed by atoms with E-state index in [0.717, 1.165) is 12.7 Å². The molecule has 0 saturated carbocycles. The van der Waals surface area contributed by atoms with Crippen molar-refractivity contribution in [3.63, 3.8) is 0 Å². The molecule has 0 radical (unpaired) electrons. The van der Waals surface area contributed by atoms with Crippen LogP contribution in [-0.2, 0) is 10.0 Å². The van der Waals surface area contributed by atoms with Gasteiger partial charge in [0.05, 0.1) is 11.8 Å². The Bertz CT molecular complexity index is 488. The number of hydrogen-bond donors (Lipinski definition) is 2. The van der Waals surface area contributed by atoms with Gasteiger partial charge in [0, 0.05) is 11.6 Å². The second-order valence-corrected chi connectivity index (χ2v) is 5.75. The molecular formula is C11H16ClNO4S. The molecule has 1 aromatic carbocycles. The highest BCUT2D eigenvalue weighted by molar-refractivity contribution is 7.88. The second-order valence-electron chi connectivity index (χ2n) is 3.48. The van der Waals surface area contributed by atoms with Crippen molar-refractivity contribution < 1.29 is 18.3 Å². The molecule has 0 saturated heterocycles. The third-order valence-corrected chi connectivity index (χ3v) is 2.65. The Morgan fingerprint density at radius 2 is 2.06 bits per heavy atom. The molecule has 102 valence electrons. The topological polar surface area (TPSA) is 83.5 Å². The lowest BCUT2D eigenvalue weighted by Crippen LogP contribution is -2.22. The Balaban J connectivity index is 0.000000331. The highest BCUT2D eigenvalue weighted by atomic mass is 35.5. The molecule has 18 heavy (non-hydrogen) atoms. The molecule has 1 rings (SSSR count). The summed E-state index contributed by atoms with van der Waals surface area (Å²) in [6, 6.07) is 6.14. The minimum Gasteiger partial charge on any atom is -0.478 e. The van der Waals surface area contributed by atoms with E-state index in [1.54, 1.807) is 12.1 Å². The fraction of sp³-hybridized carbons (Fsp3) is 0.364. The van der Waals surface area contributed by atoms with Crippen molar-refractivity contribution in [1.82, 2.24) is 4.72 Å². The average molecular weight is 294 g/mol. The summed E-state index contributed by atoms with van der Waals surface area (Å²) < 4.78 is 22.9. The van der Waals surface area contributed by atoms with Crippen molar-refractivity contribution in [1.29, 1.82) is 0 Å². The zero-order chi connectivity index (χ0) is 14.2. The zero-order valence-electron chi connectivity index (χ0n) is 10.2. The summed E-state index contributed by atoms with van der Waals surface area (Å²) >= 11 is 5.53. The number of rotatable bonds is 4. The number of nitrogens with one attached hydrogen (secondary N) is 1. The lowest BCUT2D eigenvalue weighted by Gasteiger charge is -1.95. The molecule has 0 aliphatic rings. The first kappa shape index (κ1) is 16.9. The van der Waals surface area contributed by atoms with Crippen LogP contribution in [0.3, 0.4) is 0 Å². The van der Waals surface area contributed by atoms with E-state index in [1.807, 2.05) is 6.92 Å². The molecule has 0 aliphatic heterocycles. The number of halogens is 1. The van der Waals surface area contributed by atoms with Crippen LogP contribution >= 0.6 is 11.6 Å². The van der Waals surface area contributed by atoms with Gasteiger partial charge in [-0.05, 0) is 24.6 Å². The quantitative estimate of drug-likeness (QED) is 0.889. The van der Waals surface area contributed by atoms with Gasteiger partial charge in [-0.25, -0.2) is 17.9 Å². The first-order valence-electron chi connectivity index (χ1n) is 5.19. The molecule has 0 aromatic heterocycles. The van der Waals surface area contributed by atoms with Crippen molar-refractivity contribution in [2.45, 2.75) is 13.3 Å². The molecular weight excluding hydrogens is 278 g/mol. The van der Waals surface area contributed by atoms with E-state index in [-0.39, 0.29) is 5.56 Å². The van der Waals surface area contributed by atoms with Gasteiger partial charge in [-0.15, -0.1) is 0 Å². The molecule has 0 spiro atoms. The fourth-order valence-corrected chi connectivity index (χ4v) is 1.67. The summed E-state index contributed by atoms with van der Waals surface area (Å²) in [6.07, 6.45) is 2.00. The van der Waals surface area contributed by atoms with Gasteiger partial charge < -0.3 is 5.11 Å². The van der Waals surface area contributed by atoms with Crippen LogP contribution < -0.4 is 4.72 Å². The molecule has 0 bridgehead atoms. The van der Waals surface area contributed by atoms with Gasteiger partial charge in [-0.1, -0.05) is 24.6 Å². The van der Waals surface area contributed by atoms with Crippen molar-refractivity contribution in [2.75, 3.05) is 12.8 Å². The molecule has 2 N–H and O–H groups in total. The van der Waals surface area contributed by atoms with Gasteiger partial charge in [-0.3, -0.25) is 0 Å². The predicted molar refractivity (Wildman–Crippen MR) is 71.5 cm³/mol. The average Bonchev–Trinajstić information content (AvgIpc) is 2.26. The van der Waals surface area contributed by atoms with Gasteiger partial charge in [0.25, 0.3) is 0 Å². The van der Waals surface area contributed by atoms with Gasteiger partial charge in [0.1, 0.15) is 0 Å². The minimum atomic E-state index is -2.94. The predicted octanol–water partition coefficient (Wildman–Crippen LogP) is 1.98. The monoisotopic (exact) mass is 293 g/mol. The molecule has 7 heteroatoms. The van der Waals surface area contributed by atoms with E-state index in [9.17, 15) is 13.2 Å². The molecule has 0 unspecified atom stereocenters. The van der Waals surface area contributed by atoms with Gasteiger partial charge in [0.15, 0.2) is 0 Å². The first-order valence-corrected chi connectivity index (χ1v) is 7.46. The summed E-state index contributed by atoms with van der Waals surface area (Å²) in [5, 5.41) is 8.89. The summed E-state index contributed by atoms with van der Waals surface area (Å²) in [6.45, 7) is 2.46. The largest absolute Gasteiger partial charge is 0.478 e. The molecule has 0 heterocycles. The molecule has 1 aromatic rings. The van der Waals surface area contributed by atoms with Crippen LogP contribution in [0.5, 0.6) is 0 Å². The van der Waals surface area contributed by atoms with Gasteiger partial charge >= 0.3 is 5.97 Å². The maximum atomic E-state index is 10.3. The molecule has 0 fully saturated rings. The zero-order valence-corrected chi connectivity index (χ0v) is 11.8. The van der Waals surface area contributed by atoms with Crippen LogP contribution in [0.4, 0.5) is 0 Å². The third kappa shape index (κ3) is 8.98. The number of carboxylic acids is 1.